The minimum atomic E-state index is 0.507. The molecular weight excluding hydrogens is 162 g/mol. The summed E-state index contributed by atoms with van der Waals surface area (Å²) < 4.78 is 1.78. The molecule has 6 heteroatoms. The number of aromatic amines is 1. The Balaban J connectivity index is 3.05. The van der Waals surface area contributed by atoms with Crippen molar-refractivity contribution >= 4 is 23.4 Å². The lowest BCUT2D eigenvalue weighted by molar-refractivity contribution is 0.936. The van der Waals surface area contributed by atoms with E-state index in [1.807, 2.05) is 0 Å². The van der Waals surface area contributed by atoms with Gasteiger partial charge in [-0.05, 0) is 0 Å². The Kier molecular flexibility index (Phi) is 1.16. The van der Waals surface area contributed by atoms with Crippen LogP contribution in [0.5, 0.6) is 0 Å². The Morgan fingerprint density at radius 3 is 3.18 bits per heavy atom. The highest BCUT2D eigenvalue weighted by Crippen LogP contribution is 2.04. The number of hydrogen-bond donors (Lipinski definition) is 2. The molecule has 2 aromatic heterocycles. The Bertz CT molecular complexity index is 441. The molecule has 0 fully saturated rings. The van der Waals surface area contributed by atoms with Crippen LogP contribution in [0.3, 0.4) is 0 Å². The molecule has 0 aliphatic carbocycles. The summed E-state index contributed by atoms with van der Waals surface area (Å²) in [5, 5.41) is 0. The first-order chi connectivity index (χ1) is 5.29. The Morgan fingerprint density at radius 2 is 2.36 bits per heavy atom. The molecule has 0 unspecified atom stereocenters. The quantitative estimate of drug-likeness (QED) is 0.434. The van der Waals surface area contributed by atoms with Crippen LogP contribution in [0, 0.1) is 4.64 Å². The number of nitrogen functional groups attached to an aromatic ring is 1. The maximum atomic E-state index is 5.45. The van der Waals surface area contributed by atoms with Crippen LogP contribution in [0.4, 0.5) is 0 Å². The van der Waals surface area contributed by atoms with Gasteiger partial charge in [-0.3, -0.25) is 0 Å². The van der Waals surface area contributed by atoms with Crippen molar-refractivity contribution in [3.8, 4) is 0 Å². The fourth-order valence-corrected chi connectivity index (χ4v) is 1.04. The van der Waals surface area contributed by atoms with Gasteiger partial charge in [0.2, 0.25) is 0 Å². The standard InChI is InChI=1S/C5H5N5S/c6-10-2-9-4-3(5(10)11)7-1-8-4/h1-2H,6H2,(H,7,8). The van der Waals surface area contributed by atoms with Gasteiger partial charge in [0, 0.05) is 0 Å². The van der Waals surface area contributed by atoms with Gasteiger partial charge in [0.15, 0.2) is 10.3 Å². The van der Waals surface area contributed by atoms with Crippen molar-refractivity contribution in [3.05, 3.63) is 17.3 Å². The van der Waals surface area contributed by atoms with Crippen molar-refractivity contribution < 1.29 is 0 Å². The normalized spacial score (nSPS) is 10.5. The van der Waals surface area contributed by atoms with Gasteiger partial charge in [-0.15, -0.1) is 0 Å². The van der Waals surface area contributed by atoms with Crippen LogP contribution in [0.2, 0.25) is 0 Å². The molecule has 56 valence electrons. The van der Waals surface area contributed by atoms with Gasteiger partial charge in [-0.2, -0.15) is 0 Å². The third-order valence-corrected chi connectivity index (χ3v) is 1.79. The Hall–Kier alpha value is -1.43. The molecule has 0 atom stereocenters. The highest BCUT2D eigenvalue weighted by atomic mass is 32.1. The van der Waals surface area contributed by atoms with E-state index in [0.29, 0.717) is 15.8 Å². The Morgan fingerprint density at radius 1 is 1.55 bits per heavy atom. The number of fused-ring (bicyclic) bond motifs is 1. The average Bonchev–Trinajstić information content (AvgIpc) is 2.45. The van der Waals surface area contributed by atoms with Crippen molar-refractivity contribution in [1.82, 2.24) is 19.6 Å². The molecule has 2 aromatic rings. The van der Waals surface area contributed by atoms with Crippen molar-refractivity contribution in [2.45, 2.75) is 0 Å². The van der Waals surface area contributed by atoms with Crippen LogP contribution in [0.15, 0.2) is 12.7 Å². The molecule has 2 rings (SSSR count). The van der Waals surface area contributed by atoms with Crippen LogP contribution in [-0.2, 0) is 0 Å². The van der Waals surface area contributed by atoms with Gasteiger partial charge < -0.3 is 10.8 Å². The van der Waals surface area contributed by atoms with E-state index in [9.17, 15) is 0 Å². The van der Waals surface area contributed by atoms with E-state index in [-0.39, 0.29) is 0 Å². The summed E-state index contributed by atoms with van der Waals surface area (Å²) in [6, 6.07) is 0. The third kappa shape index (κ3) is 0.795. The van der Waals surface area contributed by atoms with Crippen molar-refractivity contribution in [2.24, 2.45) is 0 Å². The first-order valence-corrected chi connectivity index (χ1v) is 3.35. The molecule has 0 saturated heterocycles. The fourth-order valence-electron chi connectivity index (χ4n) is 0.841. The number of nitrogens with one attached hydrogen (secondary N) is 1. The molecule has 3 N–H and O–H groups in total. The largest absolute Gasteiger partial charge is 0.341 e. The van der Waals surface area contributed by atoms with Crippen molar-refractivity contribution in [3.63, 3.8) is 0 Å². The second-order valence-corrected chi connectivity index (χ2v) is 2.44. The summed E-state index contributed by atoms with van der Waals surface area (Å²) in [7, 11) is 0. The third-order valence-electron chi connectivity index (χ3n) is 1.37. The van der Waals surface area contributed by atoms with E-state index >= 15 is 0 Å². The fraction of sp³-hybridized carbons (Fsp3) is 0. The van der Waals surface area contributed by atoms with Crippen LogP contribution in [-0.4, -0.2) is 19.6 Å². The molecule has 0 spiro atoms. The number of aromatic nitrogens is 4. The van der Waals surface area contributed by atoms with Gasteiger partial charge in [0.1, 0.15) is 11.8 Å². The topological polar surface area (TPSA) is 72.5 Å². The molecule has 0 aliphatic heterocycles. The average molecular weight is 167 g/mol. The van der Waals surface area contributed by atoms with Crippen LogP contribution < -0.4 is 5.84 Å². The number of imidazole rings is 1. The monoisotopic (exact) mass is 167 g/mol. The van der Waals surface area contributed by atoms with Gasteiger partial charge >= 0.3 is 0 Å². The molecule has 11 heavy (non-hydrogen) atoms. The highest BCUT2D eigenvalue weighted by Gasteiger charge is 1.98. The minimum absolute atomic E-state index is 0.507. The maximum absolute atomic E-state index is 5.45. The second-order valence-electron chi connectivity index (χ2n) is 2.06. The zero-order valence-corrected chi connectivity index (χ0v) is 6.30. The number of nitrogens with two attached hydrogens (primary N) is 1. The number of nitrogens with zero attached hydrogens (tertiary/aromatic N) is 3. The van der Waals surface area contributed by atoms with Gasteiger partial charge in [-0.25, -0.2) is 14.6 Å². The zero-order chi connectivity index (χ0) is 7.84. The lowest BCUT2D eigenvalue weighted by atomic mass is 10.6. The molecule has 0 aromatic carbocycles. The predicted octanol–water partition coefficient (Wildman–Crippen LogP) is 0.203. The zero-order valence-electron chi connectivity index (χ0n) is 5.48. The number of rotatable bonds is 0. The van der Waals surface area contributed by atoms with Crippen molar-refractivity contribution in [1.29, 1.82) is 0 Å². The first-order valence-electron chi connectivity index (χ1n) is 2.95. The van der Waals surface area contributed by atoms with E-state index in [2.05, 4.69) is 15.0 Å². The maximum Gasteiger partial charge on any atom is 0.182 e. The summed E-state index contributed by atoms with van der Waals surface area (Å²) in [5.41, 5.74) is 1.29. The summed E-state index contributed by atoms with van der Waals surface area (Å²) in [6.45, 7) is 0. The van der Waals surface area contributed by atoms with Gasteiger partial charge in [0.05, 0.1) is 6.33 Å². The SMILES string of the molecule is Nn1cnc2nc[nH]c2c1=S. The van der Waals surface area contributed by atoms with Crippen LogP contribution in [0.25, 0.3) is 11.2 Å². The summed E-state index contributed by atoms with van der Waals surface area (Å²) in [4.78, 5) is 10.7. The van der Waals surface area contributed by atoms with E-state index < -0.39 is 0 Å². The van der Waals surface area contributed by atoms with E-state index in [1.165, 1.54) is 17.3 Å². The molecule has 0 amide bonds. The summed E-state index contributed by atoms with van der Waals surface area (Å²) in [5.74, 6) is 5.45. The Labute approximate surface area is 66.9 Å². The lowest BCUT2D eigenvalue weighted by Crippen LogP contribution is -2.10. The number of H-pyrrole nitrogens is 1. The predicted molar refractivity (Wildman–Crippen MR) is 42.9 cm³/mol. The molecule has 0 aliphatic rings. The van der Waals surface area contributed by atoms with E-state index in [0.717, 1.165) is 0 Å². The molecule has 0 bridgehead atoms. The van der Waals surface area contributed by atoms with E-state index in [4.69, 9.17) is 18.1 Å². The lowest BCUT2D eigenvalue weighted by Gasteiger charge is -1.95. The minimum Gasteiger partial charge on any atom is -0.341 e. The van der Waals surface area contributed by atoms with Crippen molar-refractivity contribution in [2.75, 3.05) is 5.84 Å². The first kappa shape index (κ1) is 6.29. The molecule has 5 nitrogen and oxygen atoms in total. The highest BCUT2D eigenvalue weighted by molar-refractivity contribution is 7.71. The van der Waals surface area contributed by atoms with E-state index in [1.54, 1.807) is 0 Å². The van der Waals surface area contributed by atoms with Gasteiger partial charge in [0.25, 0.3) is 0 Å². The van der Waals surface area contributed by atoms with Gasteiger partial charge in [-0.1, -0.05) is 12.2 Å². The van der Waals surface area contributed by atoms with Crippen LogP contribution in [0.1, 0.15) is 0 Å². The molecule has 0 radical (unpaired) electrons. The molecule has 2 heterocycles. The number of hydrogen-bond acceptors (Lipinski definition) is 4. The summed E-state index contributed by atoms with van der Waals surface area (Å²) >= 11 is 4.98. The van der Waals surface area contributed by atoms with Crippen LogP contribution >= 0.6 is 12.2 Å². The smallest absolute Gasteiger partial charge is 0.182 e. The second kappa shape index (κ2) is 2.03. The molecule has 0 saturated carbocycles. The molecular formula is C5H5N5S. The summed E-state index contributed by atoms with van der Waals surface area (Å²) in [6.07, 6.45) is 2.97.